The zero-order valence-electron chi connectivity index (χ0n) is 8.90. The van der Waals surface area contributed by atoms with Crippen LogP contribution in [0, 0.1) is 11.3 Å². The van der Waals surface area contributed by atoms with Gasteiger partial charge in [0.25, 0.3) is 0 Å². The maximum absolute atomic E-state index is 11.5. The summed E-state index contributed by atoms with van der Waals surface area (Å²) < 4.78 is 0. The van der Waals surface area contributed by atoms with Crippen LogP contribution in [0.4, 0.5) is 0 Å². The van der Waals surface area contributed by atoms with Crippen LogP contribution < -0.4 is 0 Å². The van der Waals surface area contributed by atoms with E-state index in [9.17, 15) is 9.59 Å². The molecule has 0 aliphatic rings. The van der Waals surface area contributed by atoms with Crippen molar-refractivity contribution in [3.05, 3.63) is 0 Å². The van der Waals surface area contributed by atoms with Crippen LogP contribution in [-0.4, -0.2) is 35.0 Å². The molecule has 0 radical (unpaired) electrons. The molecule has 0 aliphatic carbocycles. The Hall–Kier alpha value is -1.57. The predicted octanol–water partition coefficient (Wildman–Crippen LogP) is 1.00. The molecule has 0 atom stereocenters. The minimum Gasteiger partial charge on any atom is -0.481 e. The Morgan fingerprint density at radius 1 is 1.40 bits per heavy atom. The van der Waals surface area contributed by atoms with Crippen molar-refractivity contribution in [1.29, 1.82) is 5.26 Å². The lowest BCUT2D eigenvalue weighted by atomic mass is 10.2. The van der Waals surface area contributed by atoms with Crippen LogP contribution in [0.15, 0.2) is 0 Å². The molecule has 0 aromatic carbocycles. The van der Waals surface area contributed by atoms with E-state index in [0.29, 0.717) is 25.9 Å². The summed E-state index contributed by atoms with van der Waals surface area (Å²) in [5.74, 6) is -0.961. The van der Waals surface area contributed by atoms with E-state index >= 15 is 0 Å². The number of carbonyl (C=O) groups excluding carboxylic acids is 1. The number of carboxylic acids is 1. The number of nitriles is 1. The lowest BCUT2D eigenvalue weighted by Gasteiger charge is -2.19. The first-order valence-corrected chi connectivity index (χ1v) is 4.98. The van der Waals surface area contributed by atoms with Gasteiger partial charge < -0.3 is 10.0 Å². The normalized spacial score (nSPS) is 9.33. The van der Waals surface area contributed by atoms with Crippen LogP contribution in [0.3, 0.4) is 0 Å². The maximum atomic E-state index is 11.5. The van der Waals surface area contributed by atoms with Gasteiger partial charge in [0.1, 0.15) is 0 Å². The van der Waals surface area contributed by atoms with Crippen LogP contribution >= 0.6 is 0 Å². The maximum Gasteiger partial charge on any atom is 0.303 e. The number of rotatable bonds is 7. The molecule has 1 N–H and O–H groups in total. The lowest BCUT2D eigenvalue weighted by molar-refractivity contribution is -0.137. The van der Waals surface area contributed by atoms with E-state index in [0.717, 1.165) is 0 Å². The van der Waals surface area contributed by atoms with Gasteiger partial charge in [0.15, 0.2) is 0 Å². The van der Waals surface area contributed by atoms with Gasteiger partial charge in [-0.05, 0) is 13.3 Å². The second-order valence-electron chi connectivity index (χ2n) is 3.13. The highest BCUT2D eigenvalue weighted by Gasteiger charge is 2.11. The molecule has 0 spiro atoms. The third-order valence-corrected chi connectivity index (χ3v) is 2.01. The summed E-state index contributed by atoms with van der Waals surface area (Å²) in [6, 6.07) is 1.97. The molecule has 0 aliphatic heterocycles. The fourth-order valence-corrected chi connectivity index (χ4v) is 1.19. The SMILES string of the molecule is CCN(CCC#N)C(=O)CCCC(=O)O. The third kappa shape index (κ3) is 6.49. The van der Waals surface area contributed by atoms with Gasteiger partial charge in [0, 0.05) is 25.9 Å². The van der Waals surface area contributed by atoms with Crippen molar-refractivity contribution in [3.8, 4) is 6.07 Å². The van der Waals surface area contributed by atoms with Crippen molar-refractivity contribution in [2.24, 2.45) is 0 Å². The molecule has 0 bridgehead atoms. The number of hydrogen-bond acceptors (Lipinski definition) is 3. The molecule has 1 amide bonds. The molecule has 84 valence electrons. The molecular weight excluding hydrogens is 196 g/mol. The quantitative estimate of drug-likeness (QED) is 0.682. The topological polar surface area (TPSA) is 81.4 Å². The van der Waals surface area contributed by atoms with Gasteiger partial charge in [0.2, 0.25) is 5.91 Å². The first kappa shape index (κ1) is 13.4. The van der Waals surface area contributed by atoms with E-state index in [1.165, 1.54) is 0 Å². The molecule has 15 heavy (non-hydrogen) atoms. The number of hydrogen-bond donors (Lipinski definition) is 1. The van der Waals surface area contributed by atoms with Crippen molar-refractivity contribution < 1.29 is 14.7 Å². The second kappa shape index (κ2) is 7.80. The number of amides is 1. The Balaban J connectivity index is 3.84. The standard InChI is InChI=1S/C10H16N2O3/c1-2-12(8-4-7-11)9(13)5-3-6-10(14)15/h2-6,8H2,1H3,(H,14,15). The van der Waals surface area contributed by atoms with E-state index in [-0.39, 0.29) is 18.7 Å². The van der Waals surface area contributed by atoms with Crippen molar-refractivity contribution >= 4 is 11.9 Å². The van der Waals surface area contributed by atoms with Crippen molar-refractivity contribution in [2.75, 3.05) is 13.1 Å². The lowest BCUT2D eigenvalue weighted by Crippen LogP contribution is -2.31. The molecule has 0 aromatic heterocycles. The zero-order chi connectivity index (χ0) is 11.7. The summed E-state index contributed by atoms with van der Waals surface area (Å²) in [6.07, 6.45) is 0.933. The van der Waals surface area contributed by atoms with E-state index in [4.69, 9.17) is 10.4 Å². The van der Waals surface area contributed by atoms with Crippen LogP contribution in [-0.2, 0) is 9.59 Å². The first-order valence-electron chi connectivity index (χ1n) is 4.98. The largest absolute Gasteiger partial charge is 0.481 e. The number of carbonyl (C=O) groups is 2. The molecule has 0 saturated carbocycles. The van der Waals surface area contributed by atoms with E-state index in [1.807, 2.05) is 13.0 Å². The molecule has 5 nitrogen and oxygen atoms in total. The number of aliphatic carboxylic acids is 1. The predicted molar refractivity (Wildman–Crippen MR) is 54.0 cm³/mol. The van der Waals surface area contributed by atoms with Crippen molar-refractivity contribution in [3.63, 3.8) is 0 Å². The molecule has 0 rings (SSSR count). The Morgan fingerprint density at radius 2 is 2.07 bits per heavy atom. The van der Waals surface area contributed by atoms with Gasteiger partial charge >= 0.3 is 5.97 Å². The summed E-state index contributed by atoms with van der Waals surface area (Å²) in [6.45, 7) is 2.83. The van der Waals surface area contributed by atoms with Gasteiger partial charge in [-0.25, -0.2) is 0 Å². The molecule has 0 saturated heterocycles. The first-order chi connectivity index (χ1) is 7.11. The molecule has 0 aromatic rings. The van der Waals surface area contributed by atoms with E-state index < -0.39 is 5.97 Å². The minimum absolute atomic E-state index is 0.0154. The average molecular weight is 212 g/mol. The van der Waals surface area contributed by atoms with Gasteiger partial charge in [-0.3, -0.25) is 9.59 Å². The summed E-state index contributed by atoms with van der Waals surface area (Å²) in [5.41, 5.74) is 0. The number of nitrogens with zero attached hydrogens (tertiary/aromatic N) is 2. The Labute approximate surface area is 89.3 Å². The minimum atomic E-state index is -0.886. The van der Waals surface area contributed by atoms with Crippen LogP contribution in [0.1, 0.15) is 32.6 Å². The smallest absolute Gasteiger partial charge is 0.303 e. The fraction of sp³-hybridized carbons (Fsp3) is 0.700. The Bertz CT molecular complexity index is 258. The Kier molecular flexibility index (Phi) is 6.98. The number of carboxylic acid groups (broad SMARTS) is 1. The molecule has 0 heterocycles. The molecule has 0 unspecified atom stereocenters. The van der Waals surface area contributed by atoms with Gasteiger partial charge in [-0.1, -0.05) is 0 Å². The Morgan fingerprint density at radius 3 is 2.53 bits per heavy atom. The van der Waals surface area contributed by atoms with Crippen molar-refractivity contribution in [2.45, 2.75) is 32.6 Å². The monoisotopic (exact) mass is 212 g/mol. The van der Waals surface area contributed by atoms with E-state index in [1.54, 1.807) is 4.90 Å². The summed E-state index contributed by atoms with van der Waals surface area (Å²) in [7, 11) is 0. The highest BCUT2D eigenvalue weighted by Crippen LogP contribution is 2.01. The second-order valence-corrected chi connectivity index (χ2v) is 3.13. The van der Waals surface area contributed by atoms with Crippen LogP contribution in [0.5, 0.6) is 0 Å². The summed E-state index contributed by atoms with van der Waals surface area (Å²) in [5, 5.41) is 16.8. The van der Waals surface area contributed by atoms with Gasteiger partial charge in [-0.15, -0.1) is 0 Å². The van der Waals surface area contributed by atoms with Crippen LogP contribution in [0.2, 0.25) is 0 Å². The highest BCUT2D eigenvalue weighted by atomic mass is 16.4. The molecule has 0 fully saturated rings. The van der Waals surface area contributed by atoms with Crippen molar-refractivity contribution in [1.82, 2.24) is 4.90 Å². The van der Waals surface area contributed by atoms with Gasteiger partial charge in [0.05, 0.1) is 12.5 Å². The molecule has 5 heteroatoms. The molecular formula is C10H16N2O3. The third-order valence-electron chi connectivity index (χ3n) is 2.01. The highest BCUT2D eigenvalue weighted by molar-refractivity contribution is 5.76. The summed E-state index contributed by atoms with van der Waals surface area (Å²) in [4.78, 5) is 23.3. The van der Waals surface area contributed by atoms with Gasteiger partial charge in [-0.2, -0.15) is 5.26 Å². The van der Waals surface area contributed by atoms with Crippen LogP contribution in [0.25, 0.3) is 0 Å². The zero-order valence-corrected chi connectivity index (χ0v) is 8.90. The summed E-state index contributed by atoms with van der Waals surface area (Å²) >= 11 is 0. The van der Waals surface area contributed by atoms with E-state index in [2.05, 4.69) is 0 Å². The fourth-order valence-electron chi connectivity index (χ4n) is 1.19. The average Bonchev–Trinajstić information content (AvgIpc) is 2.18.